The van der Waals surface area contributed by atoms with Crippen molar-refractivity contribution in [2.24, 2.45) is 0 Å². The topological polar surface area (TPSA) is 0 Å². The summed E-state index contributed by atoms with van der Waals surface area (Å²) in [5, 5.41) is 0. The average Bonchev–Trinajstić information content (AvgIpc) is 2.52. The van der Waals surface area contributed by atoms with E-state index in [9.17, 15) is 0 Å². The first-order chi connectivity index (χ1) is 9.86. The van der Waals surface area contributed by atoms with Crippen molar-refractivity contribution in [3.05, 3.63) is 113 Å². The molecule has 0 heterocycles. The first-order valence-corrected chi connectivity index (χ1v) is 6.90. The van der Waals surface area contributed by atoms with Crippen LogP contribution in [-0.2, 0) is 0 Å². The van der Waals surface area contributed by atoms with E-state index in [2.05, 4.69) is 91.9 Å². The summed E-state index contributed by atoms with van der Waals surface area (Å²) in [5.74, 6) is 1.30. The van der Waals surface area contributed by atoms with Crippen LogP contribution in [0.1, 0.15) is 22.3 Å². The Bertz CT molecular complexity index is 629. The molecule has 0 N–H and O–H groups in total. The van der Waals surface area contributed by atoms with Crippen LogP contribution in [0.5, 0.6) is 0 Å². The Balaban J connectivity index is 2.17. The summed E-state index contributed by atoms with van der Waals surface area (Å²) in [5.41, 5.74) is 5.11. The van der Waals surface area contributed by atoms with E-state index in [0.29, 0.717) is 0 Å². The van der Waals surface area contributed by atoms with Gasteiger partial charge in [0.1, 0.15) is 0 Å². The van der Waals surface area contributed by atoms with Gasteiger partial charge in [0.25, 0.3) is 0 Å². The minimum atomic E-state index is 1.26. The van der Waals surface area contributed by atoms with Gasteiger partial charge in [-0.1, -0.05) is 18.2 Å². The van der Waals surface area contributed by atoms with Gasteiger partial charge in [-0.05, 0) is 73.7 Å². The lowest BCUT2D eigenvalue weighted by atomic mass is 9.83. The van der Waals surface area contributed by atoms with Crippen LogP contribution in [0.3, 0.4) is 0 Å². The van der Waals surface area contributed by atoms with Crippen LogP contribution in [-0.4, -0.2) is 0 Å². The molecule has 3 aromatic rings. The van der Waals surface area contributed by atoms with Gasteiger partial charge in [0.05, 0.1) is 22.6 Å². The molecule has 3 rings (SSSR count). The molecule has 0 radical (unpaired) electrons. The zero-order valence-corrected chi connectivity index (χ0v) is 11.6. The SMILES string of the molecule is Cc1ccccc1[C+](c1ccccc1)c1ccccc1. The van der Waals surface area contributed by atoms with E-state index < -0.39 is 0 Å². The second-order valence-electron chi connectivity index (χ2n) is 4.92. The van der Waals surface area contributed by atoms with Gasteiger partial charge in [0.15, 0.2) is 0 Å². The fraction of sp³-hybridized carbons (Fsp3) is 0.0500. The monoisotopic (exact) mass is 257 g/mol. The van der Waals surface area contributed by atoms with E-state index in [1.54, 1.807) is 0 Å². The van der Waals surface area contributed by atoms with Crippen LogP contribution in [0.15, 0.2) is 84.9 Å². The Kier molecular flexibility index (Phi) is 3.56. The van der Waals surface area contributed by atoms with Crippen molar-refractivity contribution in [3.8, 4) is 0 Å². The maximum absolute atomic E-state index is 2.20. The molecule has 3 aromatic carbocycles. The normalized spacial score (nSPS) is 10.2. The average molecular weight is 257 g/mol. The number of rotatable bonds is 3. The molecule has 0 heteroatoms. The smallest absolute Gasteiger partial charge is 0.0511 e. The number of aryl methyl sites for hydroxylation is 1. The summed E-state index contributed by atoms with van der Waals surface area (Å²) in [6, 6.07) is 29.8. The molecule has 0 spiro atoms. The summed E-state index contributed by atoms with van der Waals surface area (Å²) in [6.07, 6.45) is 0. The van der Waals surface area contributed by atoms with Crippen molar-refractivity contribution in [1.82, 2.24) is 0 Å². The molecule has 20 heavy (non-hydrogen) atoms. The van der Waals surface area contributed by atoms with Crippen molar-refractivity contribution in [2.75, 3.05) is 0 Å². The van der Waals surface area contributed by atoms with E-state index in [-0.39, 0.29) is 0 Å². The largest absolute Gasteiger partial charge is 0.0634 e. The van der Waals surface area contributed by atoms with Crippen LogP contribution < -0.4 is 0 Å². The lowest BCUT2D eigenvalue weighted by Crippen LogP contribution is -2.05. The highest BCUT2D eigenvalue weighted by Crippen LogP contribution is 2.32. The molecule has 0 aromatic heterocycles. The minimum absolute atomic E-state index is 1.26. The fourth-order valence-electron chi connectivity index (χ4n) is 2.54. The van der Waals surface area contributed by atoms with Crippen LogP contribution in [0.2, 0.25) is 0 Å². The number of hydrogen-bond donors (Lipinski definition) is 0. The van der Waals surface area contributed by atoms with E-state index in [0.717, 1.165) is 0 Å². The summed E-state index contributed by atoms with van der Waals surface area (Å²) < 4.78 is 0. The lowest BCUT2D eigenvalue weighted by Gasteiger charge is -2.15. The van der Waals surface area contributed by atoms with Gasteiger partial charge < -0.3 is 0 Å². The summed E-state index contributed by atoms with van der Waals surface area (Å²) >= 11 is 0. The highest BCUT2D eigenvalue weighted by Gasteiger charge is 2.23. The van der Waals surface area contributed by atoms with Crippen molar-refractivity contribution >= 4 is 0 Å². The Hall–Kier alpha value is -2.47. The molecule has 0 bridgehead atoms. The third-order valence-electron chi connectivity index (χ3n) is 3.54. The minimum Gasteiger partial charge on any atom is -0.0511 e. The van der Waals surface area contributed by atoms with Gasteiger partial charge in [0.2, 0.25) is 0 Å². The van der Waals surface area contributed by atoms with Crippen molar-refractivity contribution in [1.29, 1.82) is 0 Å². The number of benzene rings is 3. The third-order valence-corrected chi connectivity index (χ3v) is 3.54. The first kappa shape index (κ1) is 12.6. The first-order valence-electron chi connectivity index (χ1n) is 6.90. The predicted octanol–water partition coefficient (Wildman–Crippen LogP) is 5.01. The molecule has 0 amide bonds. The van der Waals surface area contributed by atoms with Gasteiger partial charge in [-0.3, -0.25) is 0 Å². The number of hydrogen-bond acceptors (Lipinski definition) is 0. The Morgan fingerprint density at radius 2 is 1.00 bits per heavy atom. The molecular weight excluding hydrogens is 240 g/mol. The van der Waals surface area contributed by atoms with Gasteiger partial charge in [-0.25, -0.2) is 0 Å². The highest BCUT2D eigenvalue weighted by molar-refractivity contribution is 5.59. The van der Waals surface area contributed by atoms with Crippen LogP contribution in [0.4, 0.5) is 0 Å². The lowest BCUT2D eigenvalue weighted by molar-refractivity contribution is 1.19. The standard InChI is InChI=1S/C20H17/c1-16-10-8-9-15-19(16)20(17-11-4-2-5-12-17)18-13-6-3-7-14-18/h2-15H,1H3/q+1. The molecule has 0 nitrogen and oxygen atoms in total. The molecule has 96 valence electrons. The second kappa shape index (κ2) is 5.66. The predicted molar refractivity (Wildman–Crippen MR) is 84.6 cm³/mol. The van der Waals surface area contributed by atoms with E-state index in [1.807, 2.05) is 0 Å². The zero-order valence-electron chi connectivity index (χ0n) is 11.6. The zero-order chi connectivity index (χ0) is 13.8. The van der Waals surface area contributed by atoms with Crippen LogP contribution in [0, 0.1) is 12.8 Å². The summed E-state index contributed by atoms with van der Waals surface area (Å²) in [7, 11) is 0. The van der Waals surface area contributed by atoms with Crippen molar-refractivity contribution in [3.63, 3.8) is 0 Å². The molecule has 0 aliphatic rings. The van der Waals surface area contributed by atoms with Crippen molar-refractivity contribution in [2.45, 2.75) is 6.92 Å². The Morgan fingerprint density at radius 1 is 0.550 bits per heavy atom. The quantitative estimate of drug-likeness (QED) is 0.457. The van der Waals surface area contributed by atoms with Gasteiger partial charge in [0, 0.05) is 5.56 Å². The molecule has 0 fully saturated rings. The van der Waals surface area contributed by atoms with Gasteiger partial charge >= 0.3 is 0 Å². The van der Waals surface area contributed by atoms with Crippen LogP contribution in [0.25, 0.3) is 0 Å². The summed E-state index contributed by atoms with van der Waals surface area (Å²) in [6.45, 7) is 2.17. The van der Waals surface area contributed by atoms with Crippen LogP contribution >= 0.6 is 0 Å². The molecule has 0 saturated heterocycles. The van der Waals surface area contributed by atoms with E-state index in [4.69, 9.17) is 0 Å². The maximum atomic E-state index is 2.20. The second-order valence-corrected chi connectivity index (χ2v) is 4.92. The molecule has 0 saturated carbocycles. The Labute approximate surface area is 120 Å². The molecule has 0 unspecified atom stereocenters. The highest BCUT2D eigenvalue weighted by atomic mass is 14.2. The fourth-order valence-corrected chi connectivity index (χ4v) is 2.54. The molecular formula is C20H17+. The molecule has 0 aliphatic heterocycles. The van der Waals surface area contributed by atoms with Gasteiger partial charge in [-0.2, -0.15) is 0 Å². The molecule has 0 aliphatic carbocycles. The van der Waals surface area contributed by atoms with E-state index in [1.165, 1.54) is 28.2 Å². The summed E-state index contributed by atoms with van der Waals surface area (Å²) in [4.78, 5) is 0. The Morgan fingerprint density at radius 3 is 1.50 bits per heavy atom. The maximum Gasteiger partial charge on any atom is 0.0634 e. The third kappa shape index (κ3) is 2.46. The molecule has 0 atom stereocenters. The van der Waals surface area contributed by atoms with Crippen molar-refractivity contribution < 1.29 is 0 Å². The van der Waals surface area contributed by atoms with Gasteiger partial charge in [-0.15, -0.1) is 0 Å². The van der Waals surface area contributed by atoms with E-state index >= 15 is 0 Å².